The first-order chi connectivity index (χ1) is 11.9. The molecule has 2 aromatic heterocycles. The maximum absolute atomic E-state index is 12.5. The van der Waals surface area contributed by atoms with Crippen LogP contribution in [0.2, 0.25) is 0 Å². The number of unbranched alkanes of at least 4 members (excludes halogenated alkanes) is 1. The van der Waals surface area contributed by atoms with Crippen LogP contribution in [-0.2, 0) is 7.05 Å². The number of ketones is 1. The Balaban J connectivity index is 2.17. The highest BCUT2D eigenvalue weighted by Gasteiger charge is 2.16. The van der Waals surface area contributed by atoms with Crippen molar-refractivity contribution < 1.29 is 4.79 Å². The molecular formula is C18H19N3O3S. The summed E-state index contributed by atoms with van der Waals surface area (Å²) in [4.78, 5) is 37.2. The minimum absolute atomic E-state index is 0.00518. The molecule has 0 bridgehead atoms. The molecule has 2 heterocycles. The number of Topliss-reactive ketones (excluding diaryl/α,β-unsaturated/α-hetero) is 1. The molecule has 0 N–H and O–H groups in total. The Morgan fingerprint density at radius 3 is 2.72 bits per heavy atom. The lowest BCUT2D eigenvalue weighted by Crippen LogP contribution is -2.38. The van der Waals surface area contributed by atoms with Crippen molar-refractivity contribution in [2.45, 2.75) is 33.1 Å². The Morgan fingerprint density at radius 1 is 1.24 bits per heavy atom. The molecule has 0 atom stereocenters. The molecule has 0 saturated carbocycles. The molecule has 130 valence electrons. The molecule has 0 unspecified atom stereocenters. The van der Waals surface area contributed by atoms with E-state index in [-0.39, 0.29) is 11.3 Å². The zero-order chi connectivity index (χ0) is 18.1. The van der Waals surface area contributed by atoms with Gasteiger partial charge in [0.05, 0.1) is 10.4 Å². The summed E-state index contributed by atoms with van der Waals surface area (Å²) < 4.78 is 7.68. The molecule has 0 fully saturated rings. The van der Waals surface area contributed by atoms with Crippen LogP contribution in [0.5, 0.6) is 0 Å². The van der Waals surface area contributed by atoms with E-state index >= 15 is 0 Å². The molecule has 0 spiro atoms. The minimum atomic E-state index is -0.411. The fourth-order valence-corrected chi connectivity index (χ4v) is 3.47. The Bertz CT molecular complexity index is 1080. The zero-order valence-electron chi connectivity index (χ0n) is 14.4. The van der Waals surface area contributed by atoms with Crippen LogP contribution in [-0.4, -0.2) is 19.3 Å². The van der Waals surface area contributed by atoms with Gasteiger partial charge in [0.1, 0.15) is 5.69 Å². The van der Waals surface area contributed by atoms with Crippen molar-refractivity contribution in [3.8, 4) is 5.69 Å². The molecule has 0 aliphatic heterocycles. The van der Waals surface area contributed by atoms with Crippen molar-refractivity contribution in [1.29, 1.82) is 0 Å². The van der Waals surface area contributed by atoms with Gasteiger partial charge in [0.2, 0.25) is 0 Å². The number of rotatable bonds is 5. The number of aromatic nitrogens is 3. The summed E-state index contributed by atoms with van der Waals surface area (Å²) in [6, 6.07) is 6.63. The standard InChI is InChI=1S/C18H19N3O3S/c1-4-5-6-14(22)17-13-10-12(7-8-15(13)25-19-17)21-16(23)9-11(2)20(3)18(21)24/h7-10H,4-6H2,1-3H3. The van der Waals surface area contributed by atoms with Gasteiger partial charge in [0.25, 0.3) is 5.56 Å². The van der Waals surface area contributed by atoms with E-state index in [2.05, 4.69) is 4.37 Å². The molecule has 1 aromatic carbocycles. The predicted octanol–water partition coefficient (Wildman–Crippen LogP) is 2.83. The fraction of sp³-hybridized carbons (Fsp3) is 0.333. The van der Waals surface area contributed by atoms with Crippen LogP contribution in [0, 0.1) is 6.92 Å². The minimum Gasteiger partial charge on any atom is -0.301 e. The molecule has 0 aliphatic rings. The van der Waals surface area contributed by atoms with Gasteiger partial charge >= 0.3 is 5.69 Å². The lowest BCUT2D eigenvalue weighted by Gasteiger charge is -2.09. The van der Waals surface area contributed by atoms with Crippen LogP contribution in [0.4, 0.5) is 0 Å². The van der Waals surface area contributed by atoms with Crippen LogP contribution in [0.25, 0.3) is 15.8 Å². The van der Waals surface area contributed by atoms with E-state index in [0.717, 1.165) is 22.1 Å². The third kappa shape index (κ3) is 3.07. The van der Waals surface area contributed by atoms with E-state index in [1.807, 2.05) is 6.92 Å². The van der Waals surface area contributed by atoms with Gasteiger partial charge in [-0.15, -0.1) is 0 Å². The van der Waals surface area contributed by atoms with Crippen LogP contribution in [0.15, 0.2) is 33.9 Å². The maximum Gasteiger partial charge on any atom is 0.335 e. The number of hydrogen-bond acceptors (Lipinski definition) is 5. The topological polar surface area (TPSA) is 74.0 Å². The molecule has 25 heavy (non-hydrogen) atoms. The number of hydrogen-bond donors (Lipinski definition) is 0. The van der Waals surface area contributed by atoms with Crippen molar-refractivity contribution in [2.75, 3.05) is 0 Å². The zero-order valence-corrected chi connectivity index (χ0v) is 15.2. The first kappa shape index (κ1) is 17.3. The van der Waals surface area contributed by atoms with Gasteiger partial charge in [0.15, 0.2) is 5.78 Å². The van der Waals surface area contributed by atoms with Gasteiger partial charge in [0, 0.05) is 30.6 Å². The van der Waals surface area contributed by atoms with Crippen molar-refractivity contribution in [3.05, 3.63) is 56.5 Å². The monoisotopic (exact) mass is 357 g/mol. The Labute approximate surface area is 148 Å². The van der Waals surface area contributed by atoms with Gasteiger partial charge in [-0.1, -0.05) is 13.3 Å². The number of aryl methyl sites for hydroxylation is 1. The molecule has 0 amide bonds. The van der Waals surface area contributed by atoms with E-state index in [4.69, 9.17) is 0 Å². The average Bonchev–Trinajstić information content (AvgIpc) is 3.01. The second kappa shape index (κ2) is 6.76. The predicted molar refractivity (Wildman–Crippen MR) is 99.1 cm³/mol. The second-order valence-corrected chi connectivity index (χ2v) is 6.84. The summed E-state index contributed by atoms with van der Waals surface area (Å²) in [5.41, 5.74) is 0.670. The van der Waals surface area contributed by atoms with E-state index in [1.165, 1.54) is 22.2 Å². The molecule has 6 nitrogen and oxygen atoms in total. The molecule has 7 heteroatoms. The summed E-state index contributed by atoms with van der Waals surface area (Å²) in [5.74, 6) is -0.00518. The number of benzene rings is 1. The maximum atomic E-state index is 12.5. The smallest absolute Gasteiger partial charge is 0.301 e. The van der Waals surface area contributed by atoms with E-state index in [0.29, 0.717) is 28.9 Å². The third-order valence-electron chi connectivity index (χ3n) is 4.29. The average molecular weight is 357 g/mol. The molecule has 3 rings (SSSR count). The first-order valence-corrected chi connectivity index (χ1v) is 8.94. The lowest BCUT2D eigenvalue weighted by atomic mass is 10.1. The Kier molecular flexibility index (Phi) is 4.67. The van der Waals surface area contributed by atoms with E-state index in [9.17, 15) is 14.4 Å². The summed E-state index contributed by atoms with van der Waals surface area (Å²) in [7, 11) is 1.62. The van der Waals surface area contributed by atoms with Gasteiger partial charge in [-0.05, 0) is 43.1 Å². The number of carbonyl (C=O) groups is 1. The first-order valence-electron chi connectivity index (χ1n) is 8.16. The van der Waals surface area contributed by atoms with Crippen LogP contribution in [0.3, 0.4) is 0 Å². The molecule has 3 aromatic rings. The second-order valence-electron chi connectivity index (χ2n) is 6.04. The largest absolute Gasteiger partial charge is 0.335 e. The Morgan fingerprint density at radius 2 is 2.00 bits per heavy atom. The number of carbonyl (C=O) groups excluding carboxylic acids is 1. The van der Waals surface area contributed by atoms with Crippen molar-refractivity contribution in [1.82, 2.24) is 13.5 Å². The molecular weight excluding hydrogens is 338 g/mol. The Hall–Kier alpha value is -2.54. The SMILES string of the molecule is CCCCC(=O)c1nsc2ccc(-n3c(=O)cc(C)n(C)c3=O)cc12. The van der Waals surface area contributed by atoms with Crippen molar-refractivity contribution >= 4 is 27.4 Å². The summed E-state index contributed by atoms with van der Waals surface area (Å²) in [5, 5.41) is 0.693. The fourth-order valence-electron chi connectivity index (χ4n) is 2.70. The van der Waals surface area contributed by atoms with Gasteiger partial charge < -0.3 is 4.57 Å². The lowest BCUT2D eigenvalue weighted by molar-refractivity contribution is 0.0977. The summed E-state index contributed by atoms with van der Waals surface area (Å²) in [6.45, 7) is 3.74. The highest BCUT2D eigenvalue weighted by molar-refractivity contribution is 7.13. The third-order valence-corrected chi connectivity index (χ3v) is 5.12. The highest BCUT2D eigenvalue weighted by Crippen LogP contribution is 2.26. The molecule has 0 saturated heterocycles. The van der Waals surface area contributed by atoms with Crippen LogP contribution < -0.4 is 11.2 Å². The summed E-state index contributed by atoms with van der Waals surface area (Å²) >= 11 is 1.25. The summed E-state index contributed by atoms with van der Waals surface area (Å²) in [6.07, 6.45) is 2.20. The highest BCUT2D eigenvalue weighted by atomic mass is 32.1. The van der Waals surface area contributed by atoms with Crippen molar-refractivity contribution in [2.24, 2.45) is 7.05 Å². The molecule has 0 radical (unpaired) electrons. The van der Waals surface area contributed by atoms with E-state index < -0.39 is 5.69 Å². The van der Waals surface area contributed by atoms with Gasteiger partial charge in [-0.25, -0.2) is 9.36 Å². The quantitative estimate of drug-likeness (QED) is 0.658. The van der Waals surface area contributed by atoms with Crippen LogP contribution in [0.1, 0.15) is 42.4 Å². The molecule has 0 aliphatic carbocycles. The van der Waals surface area contributed by atoms with Gasteiger partial charge in [-0.3, -0.25) is 9.59 Å². The van der Waals surface area contributed by atoms with Gasteiger partial charge in [-0.2, -0.15) is 4.37 Å². The number of nitrogens with zero attached hydrogens (tertiary/aromatic N) is 3. The van der Waals surface area contributed by atoms with Crippen LogP contribution >= 0.6 is 11.5 Å². The van der Waals surface area contributed by atoms with E-state index in [1.54, 1.807) is 32.2 Å². The normalized spacial score (nSPS) is 11.2. The van der Waals surface area contributed by atoms with Crippen molar-refractivity contribution in [3.63, 3.8) is 0 Å². The number of fused-ring (bicyclic) bond motifs is 1.